The van der Waals surface area contributed by atoms with Crippen LogP contribution in [0.1, 0.15) is 18.9 Å². The molecule has 0 aliphatic rings. The van der Waals surface area contributed by atoms with E-state index in [0.29, 0.717) is 5.96 Å². The quantitative estimate of drug-likeness (QED) is 0.487. The topological polar surface area (TPSA) is 36.4 Å². The number of rotatable bonds is 4. The molecule has 0 aromatic heterocycles. The average Bonchev–Trinajstić information content (AvgIpc) is 2.33. The van der Waals surface area contributed by atoms with Gasteiger partial charge in [-0.3, -0.25) is 4.99 Å². The van der Waals surface area contributed by atoms with Gasteiger partial charge in [-0.25, -0.2) is 8.78 Å². The first-order valence-electron chi connectivity index (χ1n) is 5.55. The number of guanidine groups is 1. The highest BCUT2D eigenvalue weighted by Gasteiger charge is 2.04. The van der Waals surface area contributed by atoms with Crippen molar-refractivity contribution in [2.45, 2.75) is 19.9 Å². The van der Waals surface area contributed by atoms with Crippen LogP contribution in [0.25, 0.3) is 0 Å². The number of hydrogen-bond donors (Lipinski definition) is 2. The van der Waals surface area contributed by atoms with Gasteiger partial charge in [0.15, 0.2) is 5.96 Å². The fraction of sp³-hybridized carbons (Fsp3) is 0.417. The summed E-state index contributed by atoms with van der Waals surface area (Å²) in [6.45, 7) is 3.02. The van der Waals surface area contributed by atoms with Gasteiger partial charge in [-0.2, -0.15) is 0 Å². The summed E-state index contributed by atoms with van der Waals surface area (Å²) in [4.78, 5) is 3.97. The van der Waals surface area contributed by atoms with Crippen LogP contribution in [0.3, 0.4) is 0 Å². The third-order valence-electron chi connectivity index (χ3n) is 2.22. The van der Waals surface area contributed by atoms with E-state index < -0.39 is 11.6 Å². The van der Waals surface area contributed by atoms with Gasteiger partial charge >= 0.3 is 0 Å². The molecule has 0 saturated heterocycles. The molecule has 1 aromatic rings. The first kappa shape index (κ1) is 17.1. The maximum absolute atomic E-state index is 13.3. The van der Waals surface area contributed by atoms with Crippen LogP contribution in [-0.4, -0.2) is 19.6 Å². The second-order valence-electron chi connectivity index (χ2n) is 3.59. The highest BCUT2D eigenvalue weighted by atomic mass is 127. The minimum atomic E-state index is -0.445. The fourth-order valence-electron chi connectivity index (χ4n) is 1.32. The number of nitrogens with zero attached hydrogens (tertiary/aromatic N) is 1. The van der Waals surface area contributed by atoms with Crippen LogP contribution in [0.5, 0.6) is 0 Å². The first-order valence-corrected chi connectivity index (χ1v) is 5.55. The van der Waals surface area contributed by atoms with Crippen molar-refractivity contribution < 1.29 is 8.78 Å². The molecule has 0 atom stereocenters. The third-order valence-corrected chi connectivity index (χ3v) is 2.22. The fourth-order valence-corrected chi connectivity index (χ4v) is 1.32. The Morgan fingerprint density at radius 1 is 1.28 bits per heavy atom. The molecule has 0 spiro atoms. The molecule has 0 radical (unpaired) electrons. The van der Waals surface area contributed by atoms with Crippen molar-refractivity contribution >= 4 is 29.9 Å². The Bertz CT molecular complexity index is 397. The third kappa shape index (κ3) is 5.61. The lowest BCUT2D eigenvalue weighted by Gasteiger charge is -2.11. The van der Waals surface area contributed by atoms with Crippen LogP contribution in [0, 0.1) is 11.6 Å². The number of halogens is 3. The predicted octanol–water partition coefficient (Wildman–Crippen LogP) is 2.66. The maximum atomic E-state index is 13.3. The SMILES string of the molecule is CCCNC(=NC)NCc1cc(F)ccc1F.I. The van der Waals surface area contributed by atoms with Crippen LogP contribution >= 0.6 is 24.0 Å². The van der Waals surface area contributed by atoms with E-state index in [4.69, 9.17) is 0 Å². The zero-order valence-electron chi connectivity index (χ0n) is 10.5. The Balaban J connectivity index is 0.00000289. The molecular formula is C12H18F2IN3. The van der Waals surface area contributed by atoms with Crippen LogP contribution in [0.15, 0.2) is 23.2 Å². The van der Waals surface area contributed by atoms with Gasteiger partial charge in [0.25, 0.3) is 0 Å². The minimum absolute atomic E-state index is 0. The van der Waals surface area contributed by atoms with Gasteiger partial charge in [0.1, 0.15) is 11.6 Å². The van der Waals surface area contributed by atoms with E-state index in [2.05, 4.69) is 15.6 Å². The minimum Gasteiger partial charge on any atom is -0.356 e. The Morgan fingerprint density at radius 2 is 2.00 bits per heavy atom. The van der Waals surface area contributed by atoms with Crippen LogP contribution in [0.4, 0.5) is 8.78 Å². The van der Waals surface area contributed by atoms with E-state index in [9.17, 15) is 8.78 Å². The Labute approximate surface area is 123 Å². The van der Waals surface area contributed by atoms with E-state index >= 15 is 0 Å². The van der Waals surface area contributed by atoms with Crippen LogP contribution in [0.2, 0.25) is 0 Å². The highest BCUT2D eigenvalue weighted by molar-refractivity contribution is 14.0. The van der Waals surface area contributed by atoms with Gasteiger partial charge in [0.05, 0.1) is 0 Å². The first-order chi connectivity index (χ1) is 8.17. The van der Waals surface area contributed by atoms with Crippen molar-refractivity contribution in [3.8, 4) is 0 Å². The molecule has 0 saturated carbocycles. The second-order valence-corrected chi connectivity index (χ2v) is 3.59. The van der Waals surface area contributed by atoms with Crippen molar-refractivity contribution in [2.75, 3.05) is 13.6 Å². The van der Waals surface area contributed by atoms with Crippen molar-refractivity contribution in [2.24, 2.45) is 4.99 Å². The van der Waals surface area contributed by atoms with Gasteiger partial charge in [-0.1, -0.05) is 6.92 Å². The van der Waals surface area contributed by atoms with Crippen LogP contribution in [-0.2, 0) is 6.54 Å². The molecule has 0 bridgehead atoms. The van der Waals surface area contributed by atoms with Gasteiger partial charge in [-0.05, 0) is 24.6 Å². The highest BCUT2D eigenvalue weighted by Crippen LogP contribution is 2.08. The summed E-state index contributed by atoms with van der Waals surface area (Å²) in [5.41, 5.74) is 0.282. The summed E-state index contributed by atoms with van der Waals surface area (Å²) in [7, 11) is 1.63. The molecule has 0 aliphatic heterocycles. The van der Waals surface area contributed by atoms with E-state index in [1.165, 1.54) is 6.07 Å². The molecule has 0 heterocycles. The summed E-state index contributed by atoms with van der Waals surface area (Å²) in [6.07, 6.45) is 0.967. The molecule has 102 valence electrons. The second kappa shape index (κ2) is 9.07. The van der Waals surface area contributed by atoms with Crippen molar-refractivity contribution in [1.82, 2.24) is 10.6 Å². The molecule has 3 nitrogen and oxygen atoms in total. The predicted molar refractivity (Wildman–Crippen MR) is 80.3 cm³/mol. The van der Waals surface area contributed by atoms with Crippen molar-refractivity contribution in [3.05, 3.63) is 35.4 Å². The largest absolute Gasteiger partial charge is 0.356 e. The van der Waals surface area contributed by atoms with Crippen molar-refractivity contribution in [3.63, 3.8) is 0 Å². The van der Waals surface area contributed by atoms with Crippen molar-refractivity contribution in [1.29, 1.82) is 0 Å². The average molecular weight is 369 g/mol. The molecule has 6 heteroatoms. The molecule has 1 aromatic carbocycles. The number of hydrogen-bond acceptors (Lipinski definition) is 1. The monoisotopic (exact) mass is 369 g/mol. The number of benzene rings is 1. The van der Waals surface area contributed by atoms with Gasteiger partial charge in [0, 0.05) is 25.7 Å². The molecule has 18 heavy (non-hydrogen) atoms. The van der Waals surface area contributed by atoms with Gasteiger partial charge in [0.2, 0.25) is 0 Å². The molecule has 0 fully saturated rings. The van der Waals surface area contributed by atoms with Crippen LogP contribution < -0.4 is 10.6 Å². The summed E-state index contributed by atoms with van der Waals surface area (Å²) in [6, 6.07) is 3.40. The van der Waals surface area contributed by atoms with Gasteiger partial charge in [-0.15, -0.1) is 24.0 Å². The maximum Gasteiger partial charge on any atom is 0.191 e. The summed E-state index contributed by atoms with van der Waals surface area (Å²) in [5, 5.41) is 5.97. The Morgan fingerprint density at radius 3 is 2.61 bits per heavy atom. The Kier molecular flexibility index (Phi) is 8.61. The standard InChI is InChI=1S/C12H17F2N3.HI/c1-3-6-16-12(15-2)17-8-9-7-10(13)4-5-11(9)14;/h4-5,7H,3,6,8H2,1-2H3,(H2,15,16,17);1H. The van der Waals surface area contributed by atoms with E-state index in [0.717, 1.165) is 25.1 Å². The molecular weight excluding hydrogens is 351 g/mol. The smallest absolute Gasteiger partial charge is 0.191 e. The Hall–Kier alpha value is -0.920. The number of aliphatic imine (C=N–C) groups is 1. The van der Waals surface area contributed by atoms with E-state index in [-0.39, 0.29) is 36.1 Å². The molecule has 1 rings (SSSR count). The molecule has 0 aliphatic carbocycles. The number of nitrogens with one attached hydrogen (secondary N) is 2. The molecule has 2 N–H and O–H groups in total. The normalized spacial score (nSPS) is 10.8. The zero-order chi connectivity index (χ0) is 12.7. The lowest BCUT2D eigenvalue weighted by atomic mass is 10.2. The summed E-state index contributed by atoms with van der Waals surface area (Å²) >= 11 is 0. The summed E-state index contributed by atoms with van der Waals surface area (Å²) < 4.78 is 26.2. The molecule has 0 amide bonds. The van der Waals surface area contributed by atoms with Gasteiger partial charge < -0.3 is 10.6 Å². The van der Waals surface area contributed by atoms with E-state index in [1.54, 1.807) is 7.05 Å². The summed E-state index contributed by atoms with van der Waals surface area (Å²) in [5.74, 6) is -0.292. The lowest BCUT2D eigenvalue weighted by molar-refractivity contribution is 0.581. The van der Waals surface area contributed by atoms with E-state index in [1.807, 2.05) is 6.92 Å². The lowest BCUT2D eigenvalue weighted by Crippen LogP contribution is -2.37. The molecule has 0 unspecified atom stereocenters. The zero-order valence-corrected chi connectivity index (χ0v) is 12.8.